The summed E-state index contributed by atoms with van der Waals surface area (Å²) in [4.78, 5) is 4.61. The molecule has 0 amide bonds. The molecule has 0 bridgehead atoms. The second-order valence-corrected chi connectivity index (χ2v) is 6.84. The van der Waals surface area contributed by atoms with Crippen molar-refractivity contribution in [3.05, 3.63) is 65.7 Å². The Morgan fingerprint density at radius 1 is 1.22 bits per heavy atom. The van der Waals surface area contributed by atoms with Crippen LogP contribution < -0.4 is 10.5 Å². The van der Waals surface area contributed by atoms with E-state index in [2.05, 4.69) is 36.1 Å². The van der Waals surface area contributed by atoms with Gasteiger partial charge >= 0.3 is 0 Å². The summed E-state index contributed by atoms with van der Waals surface area (Å²) in [6.45, 7) is 4.33. The minimum Gasteiger partial charge on any atom is -0.496 e. The molecule has 0 unspecified atom stereocenters. The highest BCUT2D eigenvalue weighted by atomic mass is 16.5. The van der Waals surface area contributed by atoms with Crippen LogP contribution >= 0.6 is 0 Å². The van der Waals surface area contributed by atoms with Gasteiger partial charge in [-0.2, -0.15) is 0 Å². The summed E-state index contributed by atoms with van der Waals surface area (Å²) >= 11 is 0. The molecular formula is C21H22N4O2. The summed E-state index contributed by atoms with van der Waals surface area (Å²) in [6, 6.07) is 11.9. The summed E-state index contributed by atoms with van der Waals surface area (Å²) in [5.74, 6) is 2.47. The second-order valence-electron chi connectivity index (χ2n) is 6.84. The van der Waals surface area contributed by atoms with Crippen molar-refractivity contribution in [1.82, 2.24) is 14.6 Å². The third-order valence-electron chi connectivity index (χ3n) is 4.67. The van der Waals surface area contributed by atoms with Crippen LogP contribution in [0.4, 0.5) is 5.82 Å². The van der Waals surface area contributed by atoms with Crippen LogP contribution in [0.15, 0.2) is 53.3 Å². The molecule has 0 aliphatic rings. The standard InChI is InChI=1S/C21H22N4O2/c1-13(2)14-6-7-19(26-3)17(10-14)18-12-23-21-15(9-16-5-4-8-27-16)11-20(22)24-25(18)21/h4-8,10-13H,9H2,1-3H3,(H2,22,24). The van der Waals surface area contributed by atoms with Crippen LogP contribution in [0.3, 0.4) is 0 Å². The van der Waals surface area contributed by atoms with Crippen molar-refractivity contribution in [3.8, 4) is 17.0 Å². The van der Waals surface area contributed by atoms with Gasteiger partial charge in [0.25, 0.3) is 0 Å². The van der Waals surface area contributed by atoms with Crippen molar-refractivity contribution in [2.45, 2.75) is 26.2 Å². The number of imidazole rings is 1. The van der Waals surface area contributed by atoms with Gasteiger partial charge in [-0.1, -0.05) is 19.9 Å². The van der Waals surface area contributed by atoms with E-state index in [4.69, 9.17) is 14.9 Å². The van der Waals surface area contributed by atoms with Gasteiger partial charge in [-0.05, 0) is 41.8 Å². The number of methoxy groups -OCH3 is 1. The molecule has 0 fully saturated rings. The first-order chi connectivity index (χ1) is 13.1. The molecule has 0 atom stereocenters. The number of fused-ring (bicyclic) bond motifs is 1. The van der Waals surface area contributed by atoms with Gasteiger partial charge in [0.1, 0.15) is 17.3 Å². The molecule has 4 rings (SSSR count). The maximum absolute atomic E-state index is 6.09. The highest BCUT2D eigenvalue weighted by Crippen LogP contribution is 2.34. The SMILES string of the molecule is COc1ccc(C(C)C)cc1-c1cnc2c(Cc3ccco3)cc(N)nn12. The fraction of sp³-hybridized carbons (Fsp3) is 0.238. The molecule has 0 aliphatic carbocycles. The maximum Gasteiger partial charge on any atom is 0.158 e. The Hall–Kier alpha value is -3.28. The lowest BCUT2D eigenvalue weighted by Crippen LogP contribution is -2.04. The molecule has 6 heteroatoms. The van der Waals surface area contributed by atoms with Crippen molar-refractivity contribution < 1.29 is 9.15 Å². The van der Waals surface area contributed by atoms with Gasteiger partial charge in [0.2, 0.25) is 0 Å². The van der Waals surface area contributed by atoms with Crippen molar-refractivity contribution >= 4 is 11.5 Å². The van der Waals surface area contributed by atoms with Crippen LogP contribution in [-0.4, -0.2) is 21.7 Å². The predicted molar refractivity (Wildman–Crippen MR) is 105 cm³/mol. The average molecular weight is 362 g/mol. The Bertz CT molecular complexity index is 1080. The van der Waals surface area contributed by atoms with Gasteiger partial charge in [0.05, 0.1) is 25.3 Å². The molecule has 3 heterocycles. The minimum absolute atomic E-state index is 0.404. The molecule has 0 spiro atoms. The van der Waals surface area contributed by atoms with Gasteiger partial charge in [0.15, 0.2) is 5.65 Å². The number of hydrogen-bond donors (Lipinski definition) is 1. The molecule has 1 aromatic carbocycles. The third kappa shape index (κ3) is 3.14. The molecule has 27 heavy (non-hydrogen) atoms. The lowest BCUT2D eigenvalue weighted by molar-refractivity contribution is 0.416. The third-order valence-corrected chi connectivity index (χ3v) is 4.67. The number of nitrogens with two attached hydrogens (primary N) is 1. The van der Waals surface area contributed by atoms with Crippen molar-refractivity contribution in [1.29, 1.82) is 0 Å². The summed E-state index contributed by atoms with van der Waals surface area (Å²) in [5.41, 5.74) is 10.8. The normalized spacial score (nSPS) is 11.4. The quantitative estimate of drug-likeness (QED) is 0.573. The van der Waals surface area contributed by atoms with E-state index < -0.39 is 0 Å². The van der Waals surface area contributed by atoms with E-state index in [1.165, 1.54) is 5.56 Å². The Morgan fingerprint density at radius 3 is 2.78 bits per heavy atom. The van der Waals surface area contributed by atoms with Crippen LogP contribution in [0.1, 0.15) is 36.7 Å². The van der Waals surface area contributed by atoms with Crippen molar-refractivity contribution in [3.63, 3.8) is 0 Å². The molecular weight excluding hydrogens is 340 g/mol. The van der Waals surface area contributed by atoms with Crippen molar-refractivity contribution in [2.24, 2.45) is 0 Å². The number of aromatic nitrogens is 3. The largest absolute Gasteiger partial charge is 0.496 e. The predicted octanol–water partition coefficient (Wildman–Crippen LogP) is 4.29. The molecule has 138 valence electrons. The molecule has 3 aromatic heterocycles. The first-order valence-corrected chi connectivity index (χ1v) is 8.90. The lowest BCUT2D eigenvalue weighted by atomic mass is 9.99. The molecule has 2 N–H and O–H groups in total. The van der Waals surface area contributed by atoms with Crippen LogP contribution in [0, 0.1) is 0 Å². The van der Waals surface area contributed by atoms with Gasteiger partial charge in [-0.15, -0.1) is 5.10 Å². The number of nitrogen functional groups attached to an aromatic ring is 1. The van der Waals surface area contributed by atoms with Gasteiger partial charge in [0, 0.05) is 17.5 Å². The van der Waals surface area contributed by atoms with E-state index in [1.54, 1.807) is 17.9 Å². The number of benzene rings is 1. The monoisotopic (exact) mass is 362 g/mol. The van der Waals surface area contributed by atoms with Crippen LogP contribution in [-0.2, 0) is 6.42 Å². The van der Waals surface area contributed by atoms with Gasteiger partial charge in [-0.3, -0.25) is 0 Å². The van der Waals surface area contributed by atoms with Crippen LogP contribution in [0.2, 0.25) is 0 Å². The summed E-state index contributed by atoms with van der Waals surface area (Å²) in [7, 11) is 1.67. The number of hydrogen-bond acceptors (Lipinski definition) is 5. The Balaban J connectivity index is 1.89. The first kappa shape index (κ1) is 17.1. The number of anilines is 1. The first-order valence-electron chi connectivity index (χ1n) is 8.90. The smallest absolute Gasteiger partial charge is 0.158 e. The number of furan rings is 1. The molecule has 0 saturated heterocycles. The molecule has 4 aromatic rings. The van der Waals surface area contributed by atoms with Crippen LogP contribution in [0.25, 0.3) is 16.9 Å². The zero-order valence-electron chi connectivity index (χ0n) is 15.6. The number of rotatable bonds is 5. The zero-order chi connectivity index (χ0) is 19.0. The highest BCUT2D eigenvalue weighted by Gasteiger charge is 2.17. The van der Waals surface area contributed by atoms with E-state index in [0.29, 0.717) is 18.2 Å². The Kier molecular flexibility index (Phi) is 4.32. The highest BCUT2D eigenvalue weighted by molar-refractivity contribution is 5.72. The molecule has 0 aliphatic heterocycles. The molecule has 0 saturated carbocycles. The van der Waals surface area contributed by atoms with E-state index >= 15 is 0 Å². The van der Waals surface area contributed by atoms with Gasteiger partial charge < -0.3 is 14.9 Å². The van der Waals surface area contributed by atoms with Crippen LogP contribution in [0.5, 0.6) is 5.75 Å². The van der Waals surface area contributed by atoms with E-state index in [-0.39, 0.29) is 0 Å². The minimum atomic E-state index is 0.404. The topological polar surface area (TPSA) is 78.6 Å². The summed E-state index contributed by atoms with van der Waals surface area (Å²) < 4.78 is 12.8. The lowest BCUT2D eigenvalue weighted by Gasteiger charge is -2.13. The Labute approximate surface area is 157 Å². The fourth-order valence-corrected chi connectivity index (χ4v) is 3.25. The summed E-state index contributed by atoms with van der Waals surface area (Å²) in [6.07, 6.45) is 4.08. The number of nitrogens with zero attached hydrogens (tertiary/aromatic N) is 3. The molecule has 6 nitrogen and oxygen atoms in total. The molecule has 0 radical (unpaired) electrons. The van der Waals surface area contributed by atoms with Crippen molar-refractivity contribution in [2.75, 3.05) is 12.8 Å². The number of ether oxygens (including phenoxy) is 1. The van der Waals surface area contributed by atoms with E-state index in [1.807, 2.05) is 30.5 Å². The average Bonchev–Trinajstić information content (AvgIpc) is 3.30. The van der Waals surface area contributed by atoms with E-state index in [0.717, 1.165) is 34.0 Å². The second kappa shape index (κ2) is 6.79. The maximum atomic E-state index is 6.09. The fourth-order valence-electron chi connectivity index (χ4n) is 3.25. The van der Waals surface area contributed by atoms with Gasteiger partial charge in [-0.25, -0.2) is 9.50 Å². The summed E-state index contributed by atoms with van der Waals surface area (Å²) in [5, 5.41) is 4.50. The van der Waals surface area contributed by atoms with E-state index in [9.17, 15) is 0 Å². The Morgan fingerprint density at radius 2 is 2.07 bits per heavy atom. The zero-order valence-corrected chi connectivity index (χ0v) is 15.6.